The molecule has 25 heavy (non-hydrogen) atoms. The number of allylic oxidation sites excluding steroid dienone is 1. The maximum Gasteiger partial charge on any atom is 0.161 e. The van der Waals surface area contributed by atoms with Crippen LogP contribution < -0.4 is 14.2 Å². The fourth-order valence-corrected chi connectivity index (χ4v) is 3.70. The van der Waals surface area contributed by atoms with E-state index in [0.717, 1.165) is 20.1 Å². The predicted octanol–water partition coefficient (Wildman–Crippen LogP) is 5.69. The Hall–Kier alpha value is -1.97. The lowest BCUT2D eigenvalue weighted by Crippen LogP contribution is -1.96. The molecule has 0 aliphatic heterocycles. The summed E-state index contributed by atoms with van der Waals surface area (Å²) >= 11 is 6.98. The maximum atomic E-state index is 9.64. The van der Waals surface area contributed by atoms with Crippen LogP contribution in [-0.2, 0) is 0 Å². The number of hydrogen-bond acceptors (Lipinski definition) is 4. The van der Waals surface area contributed by atoms with Gasteiger partial charge in [0.1, 0.15) is 5.75 Å². The molecule has 0 saturated carbocycles. The van der Waals surface area contributed by atoms with E-state index in [9.17, 15) is 5.26 Å². The summed E-state index contributed by atoms with van der Waals surface area (Å²) in [6, 6.07) is 11.4. The van der Waals surface area contributed by atoms with Crippen LogP contribution in [-0.4, -0.2) is 20.8 Å². The van der Waals surface area contributed by atoms with Gasteiger partial charge in [-0.2, -0.15) is 5.26 Å². The molecule has 0 radical (unpaired) electrons. The molecular weight excluding hydrogens is 450 g/mol. The Kier molecular flexibility index (Phi) is 6.91. The lowest BCUT2D eigenvalue weighted by atomic mass is 10.0. The molecule has 0 fully saturated rings. The van der Waals surface area contributed by atoms with E-state index in [4.69, 9.17) is 14.2 Å². The van der Waals surface area contributed by atoms with Gasteiger partial charge in [-0.3, -0.25) is 0 Å². The van der Waals surface area contributed by atoms with Crippen molar-refractivity contribution < 1.29 is 14.2 Å². The predicted molar refractivity (Wildman–Crippen MR) is 106 cm³/mol. The number of benzene rings is 2. The average molecular weight is 467 g/mol. The Morgan fingerprint density at radius 1 is 1.12 bits per heavy atom. The molecule has 2 aromatic carbocycles. The fourth-order valence-electron chi connectivity index (χ4n) is 2.32. The van der Waals surface area contributed by atoms with Crippen molar-refractivity contribution in [1.29, 1.82) is 5.26 Å². The van der Waals surface area contributed by atoms with E-state index in [2.05, 4.69) is 37.9 Å². The van der Waals surface area contributed by atoms with E-state index in [1.54, 1.807) is 32.4 Å². The van der Waals surface area contributed by atoms with Crippen molar-refractivity contribution in [3.63, 3.8) is 0 Å². The Morgan fingerprint density at radius 2 is 1.84 bits per heavy atom. The fraction of sp³-hybridized carbons (Fsp3) is 0.211. The van der Waals surface area contributed by atoms with Gasteiger partial charge in [0.2, 0.25) is 0 Å². The van der Waals surface area contributed by atoms with Crippen molar-refractivity contribution in [3.05, 3.63) is 50.4 Å². The van der Waals surface area contributed by atoms with Crippen LogP contribution >= 0.6 is 31.9 Å². The molecule has 0 bridgehead atoms. The third-order valence-corrected chi connectivity index (χ3v) is 4.49. The van der Waals surface area contributed by atoms with Crippen LogP contribution in [0.25, 0.3) is 11.6 Å². The molecular formula is C19H17Br2NO3. The summed E-state index contributed by atoms with van der Waals surface area (Å²) in [7, 11) is 3.14. The first-order chi connectivity index (χ1) is 12.0. The average Bonchev–Trinajstić information content (AvgIpc) is 2.61. The summed E-state index contributed by atoms with van der Waals surface area (Å²) < 4.78 is 18.0. The standard InChI is InChI=1S/C19H17Br2NO3/c1-4-25-19-13(8-15(20)10-16(19)21)7-14(11-22)12-5-6-17(23-2)18(9-12)24-3/h5-10H,4H2,1-3H3/b14-7+. The number of halogens is 2. The van der Waals surface area contributed by atoms with Gasteiger partial charge >= 0.3 is 0 Å². The molecule has 0 atom stereocenters. The minimum Gasteiger partial charge on any atom is -0.493 e. The Morgan fingerprint density at radius 3 is 2.44 bits per heavy atom. The highest BCUT2D eigenvalue weighted by molar-refractivity contribution is 9.11. The summed E-state index contributed by atoms with van der Waals surface area (Å²) in [5, 5.41) is 9.64. The molecule has 0 spiro atoms. The highest BCUT2D eigenvalue weighted by atomic mass is 79.9. The SMILES string of the molecule is CCOc1c(Br)cc(Br)cc1/C=C(\C#N)c1ccc(OC)c(OC)c1. The van der Waals surface area contributed by atoms with Gasteiger partial charge in [0, 0.05) is 10.0 Å². The minimum atomic E-state index is 0.493. The third-order valence-electron chi connectivity index (χ3n) is 3.44. The van der Waals surface area contributed by atoms with Crippen LogP contribution in [0, 0.1) is 11.3 Å². The molecule has 0 heterocycles. The molecule has 0 N–H and O–H groups in total. The van der Waals surface area contributed by atoms with Gasteiger partial charge in [-0.05, 0) is 64.8 Å². The second kappa shape index (κ2) is 8.93. The number of rotatable bonds is 6. The summed E-state index contributed by atoms with van der Waals surface area (Å²) in [5.41, 5.74) is 2.03. The topological polar surface area (TPSA) is 51.5 Å². The summed E-state index contributed by atoms with van der Waals surface area (Å²) in [6.45, 7) is 2.45. The lowest BCUT2D eigenvalue weighted by molar-refractivity contribution is 0.337. The van der Waals surface area contributed by atoms with E-state index >= 15 is 0 Å². The van der Waals surface area contributed by atoms with Gasteiger partial charge in [0.25, 0.3) is 0 Å². The van der Waals surface area contributed by atoms with Gasteiger partial charge in [-0.15, -0.1) is 0 Å². The molecule has 0 aliphatic carbocycles. The second-order valence-corrected chi connectivity index (χ2v) is 6.75. The van der Waals surface area contributed by atoms with Crippen LogP contribution in [0.5, 0.6) is 17.2 Å². The van der Waals surface area contributed by atoms with Crippen molar-refractivity contribution >= 4 is 43.5 Å². The molecule has 0 amide bonds. The van der Waals surface area contributed by atoms with E-state index < -0.39 is 0 Å². The smallest absolute Gasteiger partial charge is 0.161 e. The van der Waals surface area contributed by atoms with E-state index in [0.29, 0.717) is 29.4 Å². The Balaban J connectivity index is 2.57. The van der Waals surface area contributed by atoms with Crippen LogP contribution in [0.1, 0.15) is 18.1 Å². The molecule has 0 unspecified atom stereocenters. The zero-order chi connectivity index (χ0) is 18.4. The summed E-state index contributed by atoms with van der Waals surface area (Å²) in [5.74, 6) is 1.88. The maximum absolute atomic E-state index is 9.64. The highest BCUT2D eigenvalue weighted by Gasteiger charge is 2.12. The van der Waals surface area contributed by atoms with Gasteiger partial charge in [-0.1, -0.05) is 15.9 Å². The monoisotopic (exact) mass is 465 g/mol. The Labute approximate surface area is 164 Å². The number of hydrogen-bond donors (Lipinski definition) is 0. The number of nitrogens with zero attached hydrogens (tertiary/aromatic N) is 1. The molecule has 0 saturated heterocycles. The number of nitriles is 1. The van der Waals surface area contributed by atoms with Crippen LogP contribution in [0.15, 0.2) is 39.3 Å². The normalized spacial score (nSPS) is 11.0. The first kappa shape index (κ1) is 19.4. The van der Waals surface area contributed by atoms with Gasteiger partial charge in [-0.25, -0.2) is 0 Å². The van der Waals surface area contributed by atoms with Crippen LogP contribution in [0.2, 0.25) is 0 Å². The minimum absolute atomic E-state index is 0.493. The molecule has 0 aromatic heterocycles. The van der Waals surface area contributed by atoms with Crippen molar-refractivity contribution in [3.8, 4) is 23.3 Å². The first-order valence-electron chi connectivity index (χ1n) is 7.50. The zero-order valence-corrected chi connectivity index (χ0v) is 17.3. The molecule has 0 aliphatic rings. The second-order valence-electron chi connectivity index (χ2n) is 4.98. The van der Waals surface area contributed by atoms with Crippen molar-refractivity contribution in [2.45, 2.75) is 6.92 Å². The largest absolute Gasteiger partial charge is 0.493 e. The quantitative estimate of drug-likeness (QED) is 0.405. The molecule has 130 valence electrons. The van der Waals surface area contributed by atoms with E-state index in [-0.39, 0.29) is 0 Å². The van der Waals surface area contributed by atoms with Crippen molar-refractivity contribution in [2.24, 2.45) is 0 Å². The molecule has 2 rings (SSSR count). The number of ether oxygens (including phenoxy) is 3. The van der Waals surface area contributed by atoms with Gasteiger partial charge < -0.3 is 14.2 Å². The first-order valence-corrected chi connectivity index (χ1v) is 9.08. The molecule has 2 aromatic rings. The van der Waals surface area contributed by atoms with E-state index in [1.165, 1.54) is 0 Å². The molecule has 4 nitrogen and oxygen atoms in total. The van der Waals surface area contributed by atoms with Crippen molar-refractivity contribution in [2.75, 3.05) is 20.8 Å². The number of methoxy groups -OCH3 is 2. The van der Waals surface area contributed by atoms with E-state index in [1.807, 2.05) is 25.1 Å². The van der Waals surface area contributed by atoms with Gasteiger partial charge in [0.15, 0.2) is 11.5 Å². The molecule has 6 heteroatoms. The summed E-state index contributed by atoms with van der Waals surface area (Å²) in [6.07, 6.45) is 1.79. The Bertz CT molecular complexity index is 841. The highest BCUT2D eigenvalue weighted by Crippen LogP contribution is 2.36. The lowest BCUT2D eigenvalue weighted by Gasteiger charge is -2.12. The zero-order valence-electron chi connectivity index (χ0n) is 14.1. The van der Waals surface area contributed by atoms with Gasteiger partial charge in [0.05, 0.1) is 36.9 Å². The summed E-state index contributed by atoms with van der Waals surface area (Å²) in [4.78, 5) is 0. The van der Waals surface area contributed by atoms with Crippen LogP contribution in [0.4, 0.5) is 0 Å². The third kappa shape index (κ3) is 4.56. The van der Waals surface area contributed by atoms with Crippen LogP contribution in [0.3, 0.4) is 0 Å². The van der Waals surface area contributed by atoms with Crippen molar-refractivity contribution in [1.82, 2.24) is 0 Å².